The smallest absolute Gasteiger partial charge is 0.338 e. The van der Waals surface area contributed by atoms with Gasteiger partial charge in [-0.1, -0.05) is 31.2 Å². The summed E-state index contributed by atoms with van der Waals surface area (Å²) < 4.78 is 10.7. The molecule has 1 aromatic carbocycles. The monoisotopic (exact) mass is 494 g/mol. The van der Waals surface area contributed by atoms with E-state index in [1.54, 1.807) is 12.2 Å². The Morgan fingerprint density at radius 3 is 2.64 bits per heavy atom. The first-order chi connectivity index (χ1) is 17.0. The molecule has 2 fully saturated rings. The Kier molecular flexibility index (Phi) is 6.84. The van der Waals surface area contributed by atoms with Crippen molar-refractivity contribution in [1.82, 2.24) is 5.32 Å². The van der Waals surface area contributed by atoms with Crippen molar-refractivity contribution in [3.05, 3.63) is 75.9 Å². The number of rotatable bonds is 6. The standard InChI is InChI=1S/C27H30N2O7/c1-17-4-11-22-26(2,21(17)10-7-19-13-15-35-24(19)31)14-12-23(30)28-27(22,3)16-36-25(32)18-5-8-20(9-6-18)29(33)34/h5-10,13,21-22H,1,4,11-12,14-16H2,2-3H3,(H,28,30)/b10-7+/t21-,22+,26+,27+/m1/s1. The van der Waals surface area contributed by atoms with Crippen LogP contribution in [-0.2, 0) is 19.1 Å². The van der Waals surface area contributed by atoms with Crippen LogP contribution in [0.5, 0.6) is 0 Å². The minimum Gasteiger partial charge on any atom is -0.460 e. The third kappa shape index (κ3) is 4.82. The van der Waals surface area contributed by atoms with Crippen LogP contribution in [-0.4, -0.2) is 41.5 Å². The number of esters is 2. The van der Waals surface area contributed by atoms with Crippen molar-refractivity contribution in [2.75, 3.05) is 13.2 Å². The number of fused-ring (bicyclic) bond motifs is 1. The van der Waals surface area contributed by atoms with Crippen LogP contribution in [0, 0.1) is 27.4 Å². The van der Waals surface area contributed by atoms with Gasteiger partial charge in [0.05, 0.1) is 21.6 Å². The molecule has 2 heterocycles. The molecule has 4 rings (SSSR count). The summed E-state index contributed by atoms with van der Waals surface area (Å²) in [6, 6.07) is 5.21. The van der Waals surface area contributed by atoms with Crippen molar-refractivity contribution in [2.45, 2.75) is 45.1 Å². The normalized spacial score (nSPS) is 30.2. The summed E-state index contributed by atoms with van der Waals surface area (Å²) in [5.74, 6) is -1.20. The van der Waals surface area contributed by atoms with Crippen molar-refractivity contribution in [3.63, 3.8) is 0 Å². The van der Waals surface area contributed by atoms with Crippen molar-refractivity contribution < 1.29 is 28.8 Å². The molecular weight excluding hydrogens is 464 g/mol. The molecule has 0 spiro atoms. The molecule has 36 heavy (non-hydrogen) atoms. The van der Waals surface area contributed by atoms with E-state index in [0.717, 1.165) is 18.4 Å². The molecule has 0 radical (unpaired) electrons. The quantitative estimate of drug-likeness (QED) is 0.274. The maximum Gasteiger partial charge on any atom is 0.338 e. The van der Waals surface area contributed by atoms with Gasteiger partial charge in [0.1, 0.15) is 13.2 Å². The molecule has 9 heteroatoms. The van der Waals surface area contributed by atoms with Gasteiger partial charge in [-0.2, -0.15) is 0 Å². The topological polar surface area (TPSA) is 125 Å². The second-order valence-electron chi connectivity index (χ2n) is 10.2. The Morgan fingerprint density at radius 1 is 1.28 bits per heavy atom. The fourth-order valence-corrected chi connectivity index (χ4v) is 5.95. The molecule has 1 N–H and O–H groups in total. The van der Waals surface area contributed by atoms with Crippen LogP contribution in [0.25, 0.3) is 0 Å². The van der Waals surface area contributed by atoms with Crippen molar-refractivity contribution in [1.29, 1.82) is 0 Å². The number of nitrogens with one attached hydrogen (secondary N) is 1. The summed E-state index contributed by atoms with van der Waals surface area (Å²) in [7, 11) is 0. The largest absolute Gasteiger partial charge is 0.460 e. The van der Waals surface area contributed by atoms with Crippen LogP contribution in [0.3, 0.4) is 0 Å². The number of hydrogen-bond donors (Lipinski definition) is 1. The summed E-state index contributed by atoms with van der Waals surface area (Å²) in [6.07, 6.45) is 7.95. The molecule has 1 amide bonds. The fraction of sp³-hybridized carbons (Fsp3) is 0.444. The van der Waals surface area contributed by atoms with Gasteiger partial charge in [0, 0.05) is 24.5 Å². The first-order valence-electron chi connectivity index (χ1n) is 12.0. The van der Waals surface area contributed by atoms with E-state index in [0.29, 0.717) is 18.4 Å². The Morgan fingerprint density at radius 2 is 2.00 bits per heavy atom. The first-order valence-corrected chi connectivity index (χ1v) is 12.0. The lowest BCUT2D eigenvalue weighted by Gasteiger charge is -2.53. The van der Waals surface area contributed by atoms with Crippen LogP contribution < -0.4 is 5.32 Å². The van der Waals surface area contributed by atoms with Gasteiger partial charge in [-0.25, -0.2) is 9.59 Å². The number of nitro benzene ring substituents is 1. The molecule has 0 aromatic heterocycles. The van der Waals surface area contributed by atoms with E-state index < -0.39 is 16.4 Å². The average molecular weight is 495 g/mol. The van der Waals surface area contributed by atoms with Crippen molar-refractivity contribution in [3.8, 4) is 0 Å². The highest BCUT2D eigenvalue weighted by molar-refractivity contribution is 5.93. The van der Waals surface area contributed by atoms with E-state index in [-0.39, 0.29) is 53.6 Å². The zero-order chi connectivity index (χ0) is 26.1. The van der Waals surface area contributed by atoms with Crippen LogP contribution in [0.1, 0.15) is 49.9 Å². The highest BCUT2D eigenvalue weighted by Gasteiger charge is 2.54. The Labute approximate surface area is 209 Å². The number of carbonyl (C=O) groups excluding carboxylic acids is 3. The lowest BCUT2D eigenvalue weighted by molar-refractivity contribution is -0.384. The zero-order valence-electron chi connectivity index (χ0n) is 20.5. The minimum atomic E-state index is -0.836. The highest BCUT2D eigenvalue weighted by atomic mass is 16.6. The zero-order valence-corrected chi connectivity index (χ0v) is 20.5. The Hall–Kier alpha value is -3.75. The van der Waals surface area contributed by atoms with Gasteiger partial charge in [-0.15, -0.1) is 0 Å². The Bertz CT molecular complexity index is 1170. The second-order valence-corrected chi connectivity index (χ2v) is 10.2. The number of hydrogen-bond acceptors (Lipinski definition) is 7. The number of benzene rings is 1. The number of allylic oxidation sites excluding steroid dienone is 2. The summed E-state index contributed by atoms with van der Waals surface area (Å²) in [5, 5.41) is 14.0. The predicted octanol–water partition coefficient (Wildman–Crippen LogP) is 4.05. The lowest BCUT2D eigenvalue weighted by atomic mass is 9.53. The van der Waals surface area contributed by atoms with E-state index in [9.17, 15) is 24.5 Å². The van der Waals surface area contributed by atoms with E-state index in [4.69, 9.17) is 9.47 Å². The summed E-state index contributed by atoms with van der Waals surface area (Å²) >= 11 is 0. The number of carbonyl (C=O) groups is 3. The molecule has 1 saturated heterocycles. The minimum absolute atomic E-state index is 0.0363. The number of cyclic esters (lactones) is 1. The number of non-ortho nitro benzene ring substituents is 1. The van der Waals surface area contributed by atoms with E-state index in [1.165, 1.54) is 24.3 Å². The molecule has 3 aliphatic rings. The van der Waals surface area contributed by atoms with Gasteiger partial charge in [0.2, 0.25) is 5.91 Å². The summed E-state index contributed by atoms with van der Waals surface area (Å²) in [4.78, 5) is 47.8. The Balaban J connectivity index is 1.57. The number of nitro groups is 1. The summed E-state index contributed by atoms with van der Waals surface area (Å²) in [6.45, 7) is 8.55. The van der Waals surface area contributed by atoms with Gasteiger partial charge >= 0.3 is 11.9 Å². The molecule has 1 saturated carbocycles. The predicted molar refractivity (Wildman–Crippen MR) is 131 cm³/mol. The fourth-order valence-electron chi connectivity index (χ4n) is 5.95. The van der Waals surface area contributed by atoms with Crippen molar-refractivity contribution >= 4 is 23.5 Å². The van der Waals surface area contributed by atoms with Gasteiger partial charge < -0.3 is 14.8 Å². The van der Waals surface area contributed by atoms with Crippen LogP contribution >= 0.6 is 0 Å². The van der Waals surface area contributed by atoms with Crippen LogP contribution in [0.2, 0.25) is 0 Å². The first kappa shape index (κ1) is 25.3. The maximum absolute atomic E-state index is 12.8. The molecule has 0 bridgehead atoms. The number of amides is 1. The second kappa shape index (κ2) is 9.72. The van der Waals surface area contributed by atoms with Crippen molar-refractivity contribution in [2.24, 2.45) is 17.3 Å². The number of nitrogens with zero attached hydrogens (tertiary/aromatic N) is 1. The maximum atomic E-state index is 12.8. The molecular formula is C27H30N2O7. The van der Waals surface area contributed by atoms with Gasteiger partial charge in [0.25, 0.3) is 5.69 Å². The number of ether oxygens (including phenoxy) is 2. The third-order valence-electron chi connectivity index (χ3n) is 7.82. The van der Waals surface area contributed by atoms with Gasteiger partial charge in [-0.3, -0.25) is 14.9 Å². The third-order valence-corrected chi connectivity index (χ3v) is 7.82. The lowest BCUT2D eigenvalue weighted by Crippen LogP contribution is -2.59. The highest BCUT2D eigenvalue weighted by Crippen LogP contribution is 2.55. The summed E-state index contributed by atoms with van der Waals surface area (Å²) in [5.41, 5.74) is 0.419. The molecule has 4 atom stereocenters. The van der Waals surface area contributed by atoms with Gasteiger partial charge in [-0.05, 0) is 55.7 Å². The van der Waals surface area contributed by atoms with E-state index >= 15 is 0 Å². The molecule has 190 valence electrons. The molecule has 0 unspecified atom stereocenters. The molecule has 1 aromatic rings. The van der Waals surface area contributed by atoms with E-state index in [2.05, 4.69) is 18.8 Å². The van der Waals surface area contributed by atoms with Crippen LogP contribution in [0.15, 0.2) is 60.2 Å². The van der Waals surface area contributed by atoms with Crippen LogP contribution in [0.4, 0.5) is 5.69 Å². The molecule has 9 nitrogen and oxygen atoms in total. The van der Waals surface area contributed by atoms with E-state index in [1.807, 2.05) is 13.0 Å². The average Bonchev–Trinajstić information content (AvgIpc) is 3.21. The van der Waals surface area contributed by atoms with Gasteiger partial charge in [0.15, 0.2) is 0 Å². The molecule has 1 aliphatic carbocycles. The molecule has 2 aliphatic heterocycles. The SMILES string of the molecule is C=C1CC[C@H]2[C@@](C)(CCC(=O)N[C@@]2(C)COC(=O)c2ccc([N+](=O)[O-])cc2)[C@@H]1/C=C/C1=CCOC1=O.